The van der Waals surface area contributed by atoms with Gasteiger partial charge in [-0.1, -0.05) is 43.1 Å². The van der Waals surface area contributed by atoms with Crippen LogP contribution < -0.4 is 10.1 Å². The normalized spacial score (nSPS) is 24.1. The van der Waals surface area contributed by atoms with Crippen molar-refractivity contribution in [1.29, 1.82) is 0 Å². The molecule has 102 valence electrons. The van der Waals surface area contributed by atoms with Crippen LogP contribution in [-0.4, -0.2) is 22.8 Å². The molecule has 0 amide bonds. The van der Waals surface area contributed by atoms with Crippen LogP contribution >= 0.6 is 11.3 Å². The first-order valence-corrected chi connectivity index (χ1v) is 7.83. The van der Waals surface area contributed by atoms with E-state index in [2.05, 4.69) is 29.4 Å². The summed E-state index contributed by atoms with van der Waals surface area (Å²) >= 11 is 1.57. The largest absolute Gasteiger partial charge is 0.466 e. The number of aromatic nitrogens is 2. The molecule has 1 fully saturated rings. The summed E-state index contributed by atoms with van der Waals surface area (Å²) in [6, 6.07) is 0. The smallest absolute Gasteiger partial charge is 0.294 e. The van der Waals surface area contributed by atoms with Crippen LogP contribution in [0.3, 0.4) is 0 Å². The molecule has 1 aromatic heterocycles. The fourth-order valence-electron chi connectivity index (χ4n) is 2.45. The van der Waals surface area contributed by atoms with Gasteiger partial charge in [0.25, 0.3) is 5.19 Å². The molecule has 0 bridgehead atoms. The second-order valence-electron chi connectivity index (χ2n) is 4.92. The Morgan fingerprint density at radius 2 is 2.22 bits per heavy atom. The molecule has 0 radical (unpaired) electrons. The maximum atomic E-state index is 5.97. The minimum Gasteiger partial charge on any atom is -0.466 e. The molecule has 1 aliphatic rings. The third-order valence-corrected chi connectivity index (χ3v) is 4.37. The molecule has 0 aliphatic heterocycles. The molecule has 0 aromatic carbocycles. The molecule has 1 aromatic rings. The maximum absolute atomic E-state index is 5.97. The van der Waals surface area contributed by atoms with E-state index in [0.29, 0.717) is 6.10 Å². The Morgan fingerprint density at radius 1 is 1.33 bits per heavy atom. The summed E-state index contributed by atoms with van der Waals surface area (Å²) in [5.41, 5.74) is 0. The van der Waals surface area contributed by atoms with Crippen molar-refractivity contribution >= 4 is 11.3 Å². The van der Waals surface area contributed by atoms with Crippen molar-refractivity contribution in [3.05, 3.63) is 5.01 Å². The summed E-state index contributed by atoms with van der Waals surface area (Å²) < 4.78 is 5.97. The Balaban J connectivity index is 1.83. The van der Waals surface area contributed by atoms with Crippen molar-refractivity contribution in [2.24, 2.45) is 5.92 Å². The van der Waals surface area contributed by atoms with Gasteiger partial charge in [0.15, 0.2) is 0 Å². The van der Waals surface area contributed by atoms with Gasteiger partial charge in [-0.15, -0.1) is 5.10 Å². The molecule has 4 nitrogen and oxygen atoms in total. The third-order valence-electron chi connectivity index (χ3n) is 3.55. The van der Waals surface area contributed by atoms with E-state index in [0.717, 1.165) is 29.2 Å². The van der Waals surface area contributed by atoms with E-state index in [4.69, 9.17) is 4.74 Å². The summed E-state index contributed by atoms with van der Waals surface area (Å²) in [4.78, 5) is 0. The lowest BCUT2D eigenvalue weighted by Crippen LogP contribution is -2.25. The molecule has 0 saturated heterocycles. The predicted molar refractivity (Wildman–Crippen MR) is 74.0 cm³/mol. The zero-order valence-corrected chi connectivity index (χ0v) is 12.1. The van der Waals surface area contributed by atoms with Gasteiger partial charge in [0.05, 0.1) is 0 Å². The highest BCUT2D eigenvalue weighted by Crippen LogP contribution is 2.30. The van der Waals surface area contributed by atoms with Crippen molar-refractivity contribution in [3.63, 3.8) is 0 Å². The lowest BCUT2D eigenvalue weighted by atomic mass is 9.86. The average Bonchev–Trinajstić information content (AvgIpc) is 2.84. The lowest BCUT2D eigenvalue weighted by Gasteiger charge is -2.27. The highest BCUT2D eigenvalue weighted by molar-refractivity contribution is 7.13. The molecule has 1 aliphatic carbocycles. The Hall–Kier alpha value is -0.680. The highest BCUT2D eigenvalue weighted by Gasteiger charge is 2.23. The molecule has 18 heavy (non-hydrogen) atoms. The van der Waals surface area contributed by atoms with Gasteiger partial charge < -0.3 is 10.1 Å². The van der Waals surface area contributed by atoms with E-state index < -0.39 is 0 Å². The van der Waals surface area contributed by atoms with Gasteiger partial charge in [0, 0.05) is 6.54 Å². The molecule has 2 unspecified atom stereocenters. The second-order valence-corrected chi connectivity index (χ2v) is 5.95. The number of hydrogen-bond donors (Lipinski definition) is 1. The van der Waals surface area contributed by atoms with Gasteiger partial charge in [-0.25, -0.2) is 0 Å². The van der Waals surface area contributed by atoms with Crippen LogP contribution in [0.2, 0.25) is 0 Å². The van der Waals surface area contributed by atoms with Crippen LogP contribution in [0.1, 0.15) is 51.0 Å². The van der Waals surface area contributed by atoms with Crippen molar-refractivity contribution < 1.29 is 4.74 Å². The monoisotopic (exact) mass is 269 g/mol. The molecule has 5 heteroatoms. The van der Waals surface area contributed by atoms with Crippen LogP contribution in [0, 0.1) is 5.92 Å². The molecule has 1 saturated carbocycles. The first kappa shape index (κ1) is 13.7. The van der Waals surface area contributed by atoms with Gasteiger partial charge >= 0.3 is 0 Å². The first-order chi connectivity index (χ1) is 8.81. The molecular weight excluding hydrogens is 246 g/mol. The quantitative estimate of drug-likeness (QED) is 0.862. The summed E-state index contributed by atoms with van der Waals surface area (Å²) in [7, 11) is 0. The van der Waals surface area contributed by atoms with Crippen LogP contribution in [0.25, 0.3) is 0 Å². The predicted octanol–water partition coefficient (Wildman–Crippen LogP) is 3.00. The van der Waals surface area contributed by atoms with Gasteiger partial charge in [-0.3, -0.25) is 0 Å². The summed E-state index contributed by atoms with van der Waals surface area (Å²) in [5.74, 6) is 0.831. The van der Waals surface area contributed by atoms with Gasteiger partial charge in [-0.2, -0.15) is 0 Å². The highest BCUT2D eigenvalue weighted by atomic mass is 32.1. The Kier molecular flexibility index (Phi) is 5.38. The zero-order valence-electron chi connectivity index (χ0n) is 11.3. The summed E-state index contributed by atoms with van der Waals surface area (Å²) in [5, 5.41) is 13.3. The fourth-order valence-corrected chi connectivity index (χ4v) is 3.17. The Morgan fingerprint density at radius 3 is 3.00 bits per heavy atom. The molecule has 1 heterocycles. The van der Waals surface area contributed by atoms with Crippen LogP contribution in [0.4, 0.5) is 0 Å². The molecule has 1 N–H and O–H groups in total. The van der Waals surface area contributed by atoms with Gasteiger partial charge in [0.1, 0.15) is 11.1 Å². The third kappa shape index (κ3) is 3.92. The van der Waals surface area contributed by atoms with Gasteiger partial charge in [0.2, 0.25) is 0 Å². The van der Waals surface area contributed by atoms with E-state index in [9.17, 15) is 0 Å². The molecule has 0 spiro atoms. The van der Waals surface area contributed by atoms with Crippen LogP contribution in [-0.2, 0) is 6.54 Å². The van der Waals surface area contributed by atoms with Crippen molar-refractivity contribution in [3.8, 4) is 5.19 Å². The molecular formula is C13H23N3OS. The van der Waals surface area contributed by atoms with E-state index in [1.165, 1.54) is 32.1 Å². The average molecular weight is 269 g/mol. The number of ether oxygens (including phenoxy) is 1. The summed E-state index contributed by atoms with van der Waals surface area (Å²) in [6.45, 7) is 6.11. The van der Waals surface area contributed by atoms with Crippen LogP contribution in [0.15, 0.2) is 0 Å². The van der Waals surface area contributed by atoms with Crippen LogP contribution in [0.5, 0.6) is 5.19 Å². The molecule has 2 atom stereocenters. The SMILES string of the molecule is CCNCc1nnc(OC2CCCC(CC)C2)s1. The van der Waals surface area contributed by atoms with Crippen molar-refractivity contribution in [2.75, 3.05) is 6.54 Å². The summed E-state index contributed by atoms with van der Waals surface area (Å²) in [6.07, 6.45) is 6.60. The number of rotatable bonds is 6. The minimum atomic E-state index is 0.351. The topological polar surface area (TPSA) is 47.0 Å². The molecule has 2 rings (SSSR count). The Labute approximate surface area is 113 Å². The zero-order chi connectivity index (χ0) is 12.8. The van der Waals surface area contributed by atoms with Gasteiger partial charge in [-0.05, 0) is 31.7 Å². The minimum absolute atomic E-state index is 0.351. The Bertz CT molecular complexity index is 356. The number of nitrogens with one attached hydrogen (secondary N) is 1. The van der Waals surface area contributed by atoms with Crippen molar-refractivity contribution in [1.82, 2.24) is 15.5 Å². The van der Waals surface area contributed by atoms with E-state index in [1.807, 2.05) is 0 Å². The number of nitrogens with zero attached hydrogens (tertiary/aromatic N) is 2. The first-order valence-electron chi connectivity index (χ1n) is 7.01. The lowest BCUT2D eigenvalue weighted by molar-refractivity contribution is 0.121. The van der Waals surface area contributed by atoms with E-state index in [1.54, 1.807) is 11.3 Å². The number of hydrogen-bond acceptors (Lipinski definition) is 5. The fraction of sp³-hybridized carbons (Fsp3) is 0.846. The second kappa shape index (κ2) is 7.04. The maximum Gasteiger partial charge on any atom is 0.294 e. The van der Waals surface area contributed by atoms with Crippen molar-refractivity contribution in [2.45, 2.75) is 58.6 Å². The van der Waals surface area contributed by atoms with E-state index in [-0.39, 0.29) is 0 Å². The van der Waals surface area contributed by atoms with E-state index >= 15 is 0 Å². The standard InChI is InChI=1S/C13H23N3OS/c1-3-10-6-5-7-11(8-10)17-13-16-15-12(18-13)9-14-4-2/h10-11,14H,3-9H2,1-2H3.